The Bertz CT molecular complexity index is 3700. The molecule has 59 heavy (non-hydrogen) atoms. The Morgan fingerprint density at radius 2 is 1.12 bits per heavy atom. The highest BCUT2D eigenvalue weighted by atomic mass is 16.3. The first kappa shape index (κ1) is 28.7. The van der Waals surface area contributed by atoms with Crippen molar-refractivity contribution in [3.63, 3.8) is 0 Å². The quantitative estimate of drug-likeness (QED) is 0.175. The molecule has 0 amide bonds. The molecule has 278 valence electrons. The second-order valence-electron chi connectivity index (χ2n) is 15.6. The molecule has 0 spiro atoms. The molecule has 3 aromatic heterocycles. The molecule has 0 radical (unpaired) electrons. The van der Waals surface area contributed by atoms with Crippen LogP contribution in [0.4, 0.5) is 0 Å². The van der Waals surface area contributed by atoms with Crippen LogP contribution in [-0.4, -0.2) is 19.5 Å². The summed E-state index contributed by atoms with van der Waals surface area (Å²) >= 11 is 0. The zero-order chi connectivity index (χ0) is 43.6. The van der Waals surface area contributed by atoms with Gasteiger partial charge in [0.2, 0.25) is 0 Å². The summed E-state index contributed by atoms with van der Waals surface area (Å²) in [6.07, 6.45) is 0. The molecule has 0 N–H and O–H groups in total. The van der Waals surface area contributed by atoms with Gasteiger partial charge in [0.25, 0.3) is 0 Å². The largest absolute Gasteiger partial charge is 0.455 e. The summed E-state index contributed by atoms with van der Waals surface area (Å²) in [5.74, 6) is 1.41. The van der Waals surface area contributed by atoms with Gasteiger partial charge < -0.3 is 8.98 Å². The molecule has 0 bridgehead atoms. The van der Waals surface area contributed by atoms with Crippen LogP contribution in [0.15, 0.2) is 186 Å². The molecular formula is C54H36N4O. The maximum atomic E-state index is 9.02. The number of hydrogen-bond donors (Lipinski definition) is 0. The smallest absolute Gasteiger partial charge is 0.167 e. The predicted octanol–water partition coefficient (Wildman–Crippen LogP) is 13.8. The molecule has 0 atom stereocenters. The van der Waals surface area contributed by atoms with Gasteiger partial charge in [0.05, 0.1) is 23.5 Å². The lowest BCUT2D eigenvalue weighted by atomic mass is 9.80. The highest BCUT2D eigenvalue weighted by Crippen LogP contribution is 2.52. The van der Waals surface area contributed by atoms with Gasteiger partial charge in [-0.05, 0) is 63.7 Å². The lowest BCUT2D eigenvalue weighted by Gasteiger charge is -2.24. The van der Waals surface area contributed by atoms with Crippen LogP contribution in [0.5, 0.6) is 0 Å². The molecule has 12 rings (SSSR count). The number of benzene rings is 8. The van der Waals surface area contributed by atoms with Gasteiger partial charge >= 0.3 is 0 Å². The number of aromatic nitrogens is 4. The van der Waals surface area contributed by atoms with Crippen LogP contribution in [0.25, 0.3) is 106 Å². The third-order valence-corrected chi connectivity index (χ3v) is 11.9. The predicted molar refractivity (Wildman–Crippen MR) is 241 cm³/mol. The molecule has 1 aliphatic rings. The average Bonchev–Trinajstić information content (AvgIpc) is 3.96. The van der Waals surface area contributed by atoms with E-state index in [-0.39, 0.29) is 23.1 Å². The Morgan fingerprint density at radius 1 is 0.508 bits per heavy atom. The van der Waals surface area contributed by atoms with Crippen molar-refractivity contribution in [1.29, 1.82) is 0 Å². The van der Waals surface area contributed by atoms with Crippen molar-refractivity contribution in [2.24, 2.45) is 0 Å². The maximum absolute atomic E-state index is 9.02. The minimum absolute atomic E-state index is 0.0958. The monoisotopic (exact) mass is 761 g/mol. The van der Waals surface area contributed by atoms with Crippen LogP contribution in [-0.2, 0) is 5.41 Å². The van der Waals surface area contributed by atoms with Gasteiger partial charge in [0, 0.05) is 43.8 Å². The van der Waals surface area contributed by atoms with Crippen molar-refractivity contribution < 1.29 is 11.3 Å². The lowest BCUT2D eigenvalue weighted by Crippen LogP contribution is -2.17. The average molecular weight is 762 g/mol. The molecule has 0 fully saturated rings. The summed E-state index contributed by atoms with van der Waals surface area (Å²) in [5.41, 5.74) is 11.0. The summed E-state index contributed by atoms with van der Waals surface area (Å²) in [6, 6.07) is 49.1. The van der Waals surface area contributed by atoms with Gasteiger partial charge in [0.15, 0.2) is 17.5 Å². The number of hydrogen-bond acceptors (Lipinski definition) is 4. The van der Waals surface area contributed by atoms with Crippen LogP contribution < -0.4 is 0 Å². The van der Waals surface area contributed by atoms with Gasteiger partial charge in [0.1, 0.15) is 11.2 Å². The first-order valence-electron chi connectivity index (χ1n) is 22.2. The van der Waals surface area contributed by atoms with E-state index in [1.807, 2.05) is 60.7 Å². The fourth-order valence-corrected chi connectivity index (χ4v) is 9.37. The Balaban J connectivity index is 1.21. The highest BCUT2D eigenvalue weighted by molar-refractivity contribution is 6.16. The van der Waals surface area contributed by atoms with Crippen LogP contribution in [0.2, 0.25) is 0 Å². The molecule has 0 unspecified atom stereocenters. The molecule has 11 aromatic rings. The maximum Gasteiger partial charge on any atom is 0.167 e. The third kappa shape index (κ3) is 5.01. The second-order valence-corrected chi connectivity index (χ2v) is 15.6. The minimum atomic E-state index is -0.449. The first-order valence-corrected chi connectivity index (χ1v) is 19.7. The molecule has 3 heterocycles. The van der Waals surface area contributed by atoms with Crippen LogP contribution in [0.1, 0.15) is 31.8 Å². The molecule has 0 saturated carbocycles. The molecule has 5 heteroatoms. The second kappa shape index (κ2) is 12.7. The van der Waals surface area contributed by atoms with E-state index in [4.69, 9.17) is 26.2 Å². The zero-order valence-electron chi connectivity index (χ0n) is 37.1. The van der Waals surface area contributed by atoms with E-state index < -0.39 is 18.1 Å². The van der Waals surface area contributed by atoms with E-state index >= 15 is 0 Å². The van der Waals surface area contributed by atoms with E-state index in [0.29, 0.717) is 50.5 Å². The summed E-state index contributed by atoms with van der Waals surface area (Å²) in [6.45, 7) is 4.50. The van der Waals surface area contributed by atoms with E-state index in [9.17, 15) is 0 Å². The van der Waals surface area contributed by atoms with E-state index in [2.05, 4.69) is 97.3 Å². The molecule has 8 aromatic carbocycles. The zero-order valence-corrected chi connectivity index (χ0v) is 32.1. The van der Waals surface area contributed by atoms with Gasteiger partial charge in [-0.1, -0.05) is 165 Å². The van der Waals surface area contributed by atoms with Crippen molar-refractivity contribution >= 4 is 43.7 Å². The van der Waals surface area contributed by atoms with Crippen molar-refractivity contribution in [3.8, 4) is 62.1 Å². The van der Waals surface area contributed by atoms with Crippen molar-refractivity contribution in [3.05, 3.63) is 193 Å². The van der Waals surface area contributed by atoms with E-state index in [1.54, 1.807) is 12.1 Å². The molecule has 0 aliphatic heterocycles. The molecule has 0 saturated heterocycles. The number of nitrogens with zero attached hydrogens (tertiary/aromatic N) is 4. The van der Waals surface area contributed by atoms with E-state index in [0.717, 1.165) is 49.7 Å². The summed E-state index contributed by atoms with van der Waals surface area (Å²) < 4.78 is 52.7. The Labute approximate surface area is 347 Å². The fourth-order valence-electron chi connectivity index (χ4n) is 9.37. The molecule has 5 nitrogen and oxygen atoms in total. The summed E-state index contributed by atoms with van der Waals surface area (Å²) in [5, 5.41) is 3.46. The lowest BCUT2D eigenvalue weighted by molar-refractivity contribution is 0.661. The minimum Gasteiger partial charge on any atom is -0.455 e. The number of rotatable bonds is 5. The molecule has 1 aliphatic carbocycles. The SMILES string of the molecule is [2H]c1c([2H])c([2H])c(-c2cccc3oc4c(-c5nc(-c6ccccc6)nc(-c6cccc7c6C(C)(C)c6ccccc6-7)n5)cc(-n5c6ccccc6c6ccccc65)cc4c23)c([2H])c1[2H]. The first-order chi connectivity index (χ1) is 31.1. The van der Waals surface area contributed by atoms with Crippen LogP contribution >= 0.6 is 0 Å². The summed E-state index contributed by atoms with van der Waals surface area (Å²) in [7, 11) is 0. The normalized spacial score (nSPS) is 14.2. The topological polar surface area (TPSA) is 56.7 Å². The molecular weight excluding hydrogens is 721 g/mol. The van der Waals surface area contributed by atoms with Crippen molar-refractivity contribution in [2.45, 2.75) is 19.3 Å². The van der Waals surface area contributed by atoms with Gasteiger partial charge in [-0.15, -0.1) is 0 Å². The van der Waals surface area contributed by atoms with Gasteiger partial charge in [-0.3, -0.25) is 0 Å². The fraction of sp³-hybridized carbons (Fsp3) is 0.0556. The number of fused-ring (bicyclic) bond motifs is 9. The van der Waals surface area contributed by atoms with Gasteiger partial charge in [-0.25, -0.2) is 15.0 Å². The van der Waals surface area contributed by atoms with Crippen molar-refractivity contribution in [1.82, 2.24) is 19.5 Å². The van der Waals surface area contributed by atoms with Crippen LogP contribution in [0, 0.1) is 0 Å². The third-order valence-electron chi connectivity index (χ3n) is 11.9. The summed E-state index contributed by atoms with van der Waals surface area (Å²) in [4.78, 5) is 15.9. The van der Waals surface area contributed by atoms with Crippen molar-refractivity contribution in [2.75, 3.05) is 0 Å². The number of furan rings is 1. The van der Waals surface area contributed by atoms with Crippen LogP contribution in [0.3, 0.4) is 0 Å². The van der Waals surface area contributed by atoms with E-state index in [1.165, 1.54) is 11.1 Å². The number of para-hydroxylation sites is 2. The van der Waals surface area contributed by atoms with Gasteiger partial charge in [-0.2, -0.15) is 0 Å². The Hall–Kier alpha value is -7.63. The highest BCUT2D eigenvalue weighted by Gasteiger charge is 2.38. The standard InChI is InChI=1S/C54H36N4O/c1-54(2)44-27-12-9-21-37(44)40-25-15-26-41(49(40)54)52-55-51(34-19-7-4-8-20-34)56-53(57-52)43-32-35(58-45-28-13-10-22-38(45)39-23-11-14-29-46(39)58)31-42-48-36(33-17-5-3-6-18-33)24-16-30-47(48)59-50(42)43/h3-32H,1-2H3/i3D,5D,6D,17D,18D. The Morgan fingerprint density at radius 3 is 1.90 bits per heavy atom. The Kier molecular flexibility index (Phi) is 6.18.